The van der Waals surface area contributed by atoms with Crippen molar-refractivity contribution >= 4 is 44.9 Å². The lowest BCUT2D eigenvalue weighted by Crippen LogP contribution is -2.37. The number of thioether (sulfide) groups is 1. The van der Waals surface area contributed by atoms with E-state index in [9.17, 15) is 4.79 Å². The van der Waals surface area contributed by atoms with Crippen LogP contribution in [0.25, 0.3) is 20.9 Å². The molecule has 3 aromatic rings. The fraction of sp³-hybridized carbons (Fsp3) is 0.545. The molecule has 3 N–H and O–H groups in total. The zero-order chi connectivity index (χ0) is 21.2. The molecule has 1 amide bonds. The maximum atomic E-state index is 12.5. The van der Waals surface area contributed by atoms with E-state index in [4.69, 9.17) is 5.73 Å². The maximum Gasteiger partial charge on any atom is 0.230 e. The van der Waals surface area contributed by atoms with Gasteiger partial charge in [-0.15, -0.1) is 21.5 Å². The number of amides is 1. The summed E-state index contributed by atoms with van der Waals surface area (Å²) in [7, 11) is 0. The van der Waals surface area contributed by atoms with Gasteiger partial charge in [-0.3, -0.25) is 9.36 Å². The lowest BCUT2D eigenvalue weighted by atomic mass is 9.95. The molecule has 0 unspecified atom stereocenters. The summed E-state index contributed by atoms with van der Waals surface area (Å²) in [6.45, 7) is 0. The first-order chi connectivity index (χ1) is 15.2. The third kappa shape index (κ3) is 4.30. The molecular formula is C22H28N6OS2. The molecule has 2 saturated carbocycles. The van der Waals surface area contributed by atoms with Crippen LogP contribution in [0, 0.1) is 0 Å². The minimum atomic E-state index is 0.0880. The lowest BCUT2D eigenvalue weighted by Gasteiger charge is -2.22. The molecule has 2 aliphatic carbocycles. The average Bonchev–Trinajstić information content (AvgIpc) is 3.52. The Morgan fingerprint density at radius 1 is 1.16 bits per heavy atom. The van der Waals surface area contributed by atoms with Crippen LogP contribution in [-0.2, 0) is 4.79 Å². The SMILES string of the molecule is Nc1c(-c2nnc(SCC(=O)NC3CCCCC3)n2C2CCCC2)sc2ncccc12. The smallest absolute Gasteiger partial charge is 0.230 e. The predicted molar refractivity (Wildman–Crippen MR) is 126 cm³/mol. The highest BCUT2D eigenvalue weighted by Gasteiger charge is 2.28. The molecule has 0 atom stereocenters. The lowest BCUT2D eigenvalue weighted by molar-refractivity contribution is -0.119. The number of carbonyl (C=O) groups excluding carboxylic acids is 1. The van der Waals surface area contributed by atoms with Crippen LogP contribution < -0.4 is 11.1 Å². The molecule has 3 heterocycles. The first-order valence-corrected chi connectivity index (χ1v) is 13.0. The number of nitrogen functional groups attached to an aromatic ring is 1. The Morgan fingerprint density at radius 2 is 1.94 bits per heavy atom. The number of hydrogen-bond donors (Lipinski definition) is 2. The van der Waals surface area contributed by atoms with E-state index in [1.54, 1.807) is 17.5 Å². The molecule has 7 nitrogen and oxygen atoms in total. The Kier molecular flexibility index (Phi) is 6.13. The van der Waals surface area contributed by atoms with Gasteiger partial charge in [0.25, 0.3) is 0 Å². The van der Waals surface area contributed by atoms with E-state index in [0.29, 0.717) is 23.5 Å². The van der Waals surface area contributed by atoms with Gasteiger partial charge >= 0.3 is 0 Å². The van der Waals surface area contributed by atoms with Gasteiger partial charge in [0, 0.05) is 23.7 Å². The monoisotopic (exact) mass is 456 g/mol. The van der Waals surface area contributed by atoms with Crippen molar-refractivity contribution in [3.05, 3.63) is 18.3 Å². The number of carbonyl (C=O) groups is 1. The van der Waals surface area contributed by atoms with Crippen molar-refractivity contribution in [3.63, 3.8) is 0 Å². The van der Waals surface area contributed by atoms with Crippen LogP contribution in [0.3, 0.4) is 0 Å². The number of hydrogen-bond acceptors (Lipinski definition) is 7. The van der Waals surface area contributed by atoms with Crippen LogP contribution in [0.1, 0.15) is 63.8 Å². The molecule has 164 valence electrons. The number of nitrogens with zero attached hydrogens (tertiary/aromatic N) is 4. The minimum absolute atomic E-state index is 0.0880. The standard InChI is InChI=1S/C22H28N6OS2/c23-18-16-11-6-12-24-21(16)31-19(18)20-26-27-22(28(20)15-9-4-5-10-15)30-13-17(29)25-14-7-2-1-3-8-14/h6,11-12,14-15H,1-5,7-10,13,23H2,(H,25,29). The van der Waals surface area contributed by atoms with Gasteiger partial charge in [0.2, 0.25) is 5.91 Å². The molecule has 0 radical (unpaired) electrons. The van der Waals surface area contributed by atoms with Crippen LogP contribution in [0.5, 0.6) is 0 Å². The number of thiophene rings is 1. The molecule has 0 saturated heterocycles. The van der Waals surface area contributed by atoms with E-state index in [1.165, 1.54) is 43.9 Å². The van der Waals surface area contributed by atoms with Gasteiger partial charge in [-0.1, -0.05) is 43.9 Å². The highest BCUT2D eigenvalue weighted by Crippen LogP contribution is 2.43. The van der Waals surface area contributed by atoms with Crippen LogP contribution in [0.15, 0.2) is 23.5 Å². The molecule has 3 aromatic heterocycles. The van der Waals surface area contributed by atoms with Gasteiger partial charge in [-0.05, 0) is 37.8 Å². The Labute approximate surface area is 190 Å². The van der Waals surface area contributed by atoms with Crippen LogP contribution >= 0.6 is 23.1 Å². The number of nitrogens with two attached hydrogens (primary N) is 1. The number of nitrogens with one attached hydrogen (secondary N) is 1. The van der Waals surface area contributed by atoms with Gasteiger partial charge in [0.1, 0.15) is 4.83 Å². The highest BCUT2D eigenvalue weighted by atomic mass is 32.2. The molecule has 9 heteroatoms. The molecule has 0 aliphatic heterocycles. The predicted octanol–water partition coefficient (Wildman–Crippen LogP) is 4.79. The number of pyridine rings is 1. The molecule has 2 aliphatic rings. The first kappa shape index (κ1) is 20.8. The zero-order valence-corrected chi connectivity index (χ0v) is 19.2. The average molecular weight is 457 g/mol. The van der Waals surface area contributed by atoms with E-state index < -0.39 is 0 Å². The summed E-state index contributed by atoms with van der Waals surface area (Å²) in [4.78, 5) is 18.8. The molecule has 0 spiro atoms. The summed E-state index contributed by atoms with van der Waals surface area (Å²) in [5.41, 5.74) is 7.21. The number of anilines is 1. The van der Waals surface area contributed by atoms with Crippen molar-refractivity contribution in [3.8, 4) is 10.7 Å². The fourth-order valence-corrected chi connectivity index (χ4v) is 6.65. The molecule has 0 aromatic carbocycles. The van der Waals surface area contributed by atoms with Crippen LogP contribution in [-0.4, -0.2) is 37.5 Å². The second-order valence-corrected chi connectivity index (χ2v) is 10.4. The van der Waals surface area contributed by atoms with Gasteiger partial charge in [0.15, 0.2) is 11.0 Å². The molecule has 31 heavy (non-hydrogen) atoms. The summed E-state index contributed by atoms with van der Waals surface area (Å²) in [6.07, 6.45) is 12.3. The Balaban J connectivity index is 1.39. The van der Waals surface area contributed by atoms with Gasteiger partial charge in [-0.2, -0.15) is 0 Å². The quantitative estimate of drug-likeness (QED) is 0.517. The summed E-state index contributed by atoms with van der Waals surface area (Å²) < 4.78 is 2.23. The molecule has 2 fully saturated rings. The summed E-state index contributed by atoms with van der Waals surface area (Å²) in [5, 5.41) is 14.0. The zero-order valence-electron chi connectivity index (χ0n) is 17.5. The second kappa shape index (κ2) is 9.16. The van der Waals surface area contributed by atoms with Crippen molar-refractivity contribution in [2.45, 2.75) is 75.0 Å². The Bertz CT molecular complexity index is 1070. The molecular weight excluding hydrogens is 428 g/mol. The van der Waals surface area contributed by atoms with E-state index in [2.05, 4.69) is 25.1 Å². The van der Waals surface area contributed by atoms with E-state index in [1.807, 2.05) is 12.1 Å². The summed E-state index contributed by atoms with van der Waals surface area (Å²) in [5.74, 6) is 1.26. The second-order valence-electron chi connectivity index (χ2n) is 8.51. The van der Waals surface area contributed by atoms with Crippen LogP contribution in [0.2, 0.25) is 0 Å². The Morgan fingerprint density at radius 3 is 2.71 bits per heavy atom. The van der Waals surface area contributed by atoms with Gasteiger partial charge in [0.05, 0.1) is 16.3 Å². The van der Waals surface area contributed by atoms with Crippen LogP contribution in [0.4, 0.5) is 5.69 Å². The number of aromatic nitrogens is 4. The van der Waals surface area contributed by atoms with Gasteiger partial charge in [-0.25, -0.2) is 4.98 Å². The van der Waals surface area contributed by atoms with Crippen molar-refractivity contribution in [2.75, 3.05) is 11.5 Å². The minimum Gasteiger partial charge on any atom is -0.397 e. The summed E-state index contributed by atoms with van der Waals surface area (Å²) in [6, 6.07) is 4.59. The third-order valence-electron chi connectivity index (χ3n) is 6.36. The number of rotatable bonds is 6. The third-order valence-corrected chi connectivity index (χ3v) is 8.43. The maximum absolute atomic E-state index is 12.5. The number of fused-ring (bicyclic) bond motifs is 1. The van der Waals surface area contributed by atoms with Crippen molar-refractivity contribution in [1.29, 1.82) is 0 Å². The largest absolute Gasteiger partial charge is 0.397 e. The highest BCUT2D eigenvalue weighted by molar-refractivity contribution is 7.99. The van der Waals surface area contributed by atoms with E-state index in [0.717, 1.165) is 51.8 Å². The van der Waals surface area contributed by atoms with Crippen molar-refractivity contribution in [2.24, 2.45) is 0 Å². The van der Waals surface area contributed by atoms with E-state index >= 15 is 0 Å². The van der Waals surface area contributed by atoms with E-state index in [-0.39, 0.29) is 5.91 Å². The molecule has 5 rings (SSSR count). The Hall–Kier alpha value is -2.13. The summed E-state index contributed by atoms with van der Waals surface area (Å²) >= 11 is 3.05. The first-order valence-electron chi connectivity index (χ1n) is 11.2. The topological polar surface area (TPSA) is 98.7 Å². The van der Waals surface area contributed by atoms with Crippen molar-refractivity contribution < 1.29 is 4.79 Å². The fourth-order valence-electron chi connectivity index (χ4n) is 4.79. The van der Waals surface area contributed by atoms with Crippen molar-refractivity contribution in [1.82, 2.24) is 25.1 Å². The normalized spacial score (nSPS) is 18.1. The molecule has 0 bridgehead atoms. The van der Waals surface area contributed by atoms with Gasteiger partial charge < -0.3 is 11.1 Å².